The fourth-order valence-corrected chi connectivity index (χ4v) is 3.06. The first-order chi connectivity index (χ1) is 11.4. The number of anilines is 1. The number of oxazole rings is 1. The molecule has 2 aromatic heterocycles. The molecule has 0 radical (unpaired) electrons. The number of likely N-dealkylation sites (N-methyl/N-ethyl adjacent to an activating group) is 1. The maximum Gasteiger partial charge on any atom is 0.208 e. The molecule has 1 saturated heterocycles. The molecule has 1 aliphatic heterocycles. The van der Waals surface area contributed by atoms with E-state index in [4.69, 9.17) is 4.42 Å². The summed E-state index contributed by atoms with van der Waals surface area (Å²) in [6.45, 7) is 9.15. The summed E-state index contributed by atoms with van der Waals surface area (Å²) in [5, 5.41) is 8.23. The molecule has 0 amide bonds. The van der Waals surface area contributed by atoms with Crippen LogP contribution in [-0.2, 0) is 12.0 Å². The third kappa shape index (κ3) is 3.93. The van der Waals surface area contributed by atoms with Crippen molar-refractivity contribution in [2.45, 2.75) is 51.6 Å². The quantitative estimate of drug-likeness (QED) is 0.860. The highest BCUT2D eigenvalue weighted by Crippen LogP contribution is 2.24. The van der Waals surface area contributed by atoms with Gasteiger partial charge >= 0.3 is 0 Å². The Kier molecular flexibility index (Phi) is 4.85. The molecular formula is C18H27N5O. The molecule has 0 saturated carbocycles. The highest BCUT2D eigenvalue weighted by atomic mass is 16.4. The Balaban J connectivity index is 1.62. The zero-order chi connectivity index (χ0) is 17.2. The Morgan fingerprint density at radius 3 is 2.88 bits per heavy atom. The van der Waals surface area contributed by atoms with Crippen molar-refractivity contribution in [1.29, 1.82) is 0 Å². The van der Waals surface area contributed by atoms with Gasteiger partial charge in [0, 0.05) is 30.7 Å². The highest BCUT2D eigenvalue weighted by molar-refractivity contribution is 5.37. The van der Waals surface area contributed by atoms with Gasteiger partial charge in [0.25, 0.3) is 0 Å². The second kappa shape index (κ2) is 6.89. The first kappa shape index (κ1) is 16.9. The van der Waals surface area contributed by atoms with Crippen molar-refractivity contribution in [1.82, 2.24) is 20.1 Å². The summed E-state index contributed by atoms with van der Waals surface area (Å²) in [6, 6.07) is 4.43. The molecule has 3 rings (SSSR count). The lowest BCUT2D eigenvalue weighted by Crippen LogP contribution is -2.46. The van der Waals surface area contributed by atoms with E-state index in [-0.39, 0.29) is 5.41 Å². The van der Waals surface area contributed by atoms with Gasteiger partial charge in [-0.05, 0) is 32.0 Å². The van der Waals surface area contributed by atoms with Gasteiger partial charge in [-0.3, -0.25) is 4.90 Å². The molecular weight excluding hydrogens is 302 g/mol. The second-order valence-electron chi connectivity index (χ2n) is 7.61. The number of hydrogen-bond donors (Lipinski definition) is 0. The predicted molar refractivity (Wildman–Crippen MR) is 93.9 cm³/mol. The van der Waals surface area contributed by atoms with Gasteiger partial charge in [0.05, 0.1) is 12.7 Å². The van der Waals surface area contributed by atoms with Crippen LogP contribution in [0.5, 0.6) is 0 Å². The summed E-state index contributed by atoms with van der Waals surface area (Å²) in [5.41, 5.74) is -0.00254. The molecule has 3 heterocycles. The molecule has 0 bridgehead atoms. The van der Waals surface area contributed by atoms with Gasteiger partial charge in [-0.25, -0.2) is 4.98 Å². The fraction of sp³-hybridized carbons (Fsp3) is 0.611. The van der Waals surface area contributed by atoms with Crippen LogP contribution in [0, 0.1) is 0 Å². The molecule has 0 spiro atoms. The van der Waals surface area contributed by atoms with Crippen molar-refractivity contribution in [3.63, 3.8) is 0 Å². The molecule has 0 N–H and O–H groups in total. The second-order valence-corrected chi connectivity index (χ2v) is 7.61. The van der Waals surface area contributed by atoms with E-state index in [1.807, 2.05) is 18.3 Å². The van der Waals surface area contributed by atoms with E-state index in [0.29, 0.717) is 6.04 Å². The van der Waals surface area contributed by atoms with E-state index in [2.05, 4.69) is 52.8 Å². The zero-order valence-electron chi connectivity index (χ0n) is 15.1. The number of aromatic nitrogens is 3. The average Bonchev–Trinajstić information content (AvgIpc) is 3.05. The van der Waals surface area contributed by atoms with Gasteiger partial charge < -0.3 is 9.32 Å². The van der Waals surface area contributed by atoms with Crippen molar-refractivity contribution < 1.29 is 4.42 Å². The maximum atomic E-state index is 5.93. The Hall–Kier alpha value is -1.95. The van der Waals surface area contributed by atoms with Gasteiger partial charge in [0.2, 0.25) is 5.89 Å². The third-order valence-corrected chi connectivity index (χ3v) is 4.58. The Morgan fingerprint density at radius 2 is 2.21 bits per heavy atom. The first-order valence-electron chi connectivity index (χ1n) is 8.61. The SMILES string of the molecule is CN(Cc1ncc(C(C)(C)C)o1)[C@H]1CCCN(c2cccnn2)C1. The van der Waals surface area contributed by atoms with Crippen molar-refractivity contribution in [3.05, 3.63) is 36.2 Å². The standard InChI is InChI=1S/C18H27N5O/c1-18(2,3)15-11-19-17(24-15)13-22(4)14-7-6-10-23(12-14)16-8-5-9-20-21-16/h5,8-9,11,14H,6-7,10,12-13H2,1-4H3/t14-/m0/s1. The van der Waals surface area contributed by atoms with E-state index < -0.39 is 0 Å². The zero-order valence-corrected chi connectivity index (χ0v) is 15.1. The minimum absolute atomic E-state index is 0.00254. The number of piperidine rings is 1. The van der Waals surface area contributed by atoms with Crippen LogP contribution in [0.25, 0.3) is 0 Å². The molecule has 6 nitrogen and oxygen atoms in total. The topological polar surface area (TPSA) is 58.3 Å². The van der Waals surface area contributed by atoms with Crippen LogP contribution in [0.2, 0.25) is 0 Å². The Labute approximate surface area is 143 Å². The van der Waals surface area contributed by atoms with Crippen LogP contribution in [0.1, 0.15) is 45.3 Å². The van der Waals surface area contributed by atoms with Crippen LogP contribution in [0.15, 0.2) is 28.9 Å². The summed E-state index contributed by atoms with van der Waals surface area (Å²) in [4.78, 5) is 9.10. The van der Waals surface area contributed by atoms with E-state index in [9.17, 15) is 0 Å². The molecule has 0 aromatic carbocycles. The Bertz CT molecular complexity index is 649. The monoisotopic (exact) mass is 329 g/mol. The van der Waals surface area contributed by atoms with Crippen LogP contribution >= 0.6 is 0 Å². The van der Waals surface area contributed by atoms with Gasteiger partial charge in [0.15, 0.2) is 5.82 Å². The lowest BCUT2D eigenvalue weighted by Gasteiger charge is -2.37. The molecule has 1 aliphatic rings. The van der Waals surface area contributed by atoms with E-state index in [0.717, 1.165) is 43.5 Å². The normalized spacial score (nSPS) is 19.0. The molecule has 6 heteroatoms. The lowest BCUT2D eigenvalue weighted by molar-refractivity contribution is 0.187. The van der Waals surface area contributed by atoms with Crippen LogP contribution in [0.3, 0.4) is 0 Å². The number of rotatable bonds is 4. The molecule has 130 valence electrons. The molecule has 1 fully saturated rings. The molecule has 1 atom stereocenters. The van der Waals surface area contributed by atoms with Gasteiger partial charge in [0.1, 0.15) is 5.76 Å². The lowest BCUT2D eigenvalue weighted by atomic mass is 9.94. The summed E-state index contributed by atoms with van der Waals surface area (Å²) in [5.74, 6) is 2.69. The van der Waals surface area contributed by atoms with E-state index in [1.165, 1.54) is 6.42 Å². The fourth-order valence-electron chi connectivity index (χ4n) is 3.06. The van der Waals surface area contributed by atoms with Crippen molar-refractivity contribution in [2.75, 3.05) is 25.0 Å². The molecule has 0 unspecified atom stereocenters. The molecule has 24 heavy (non-hydrogen) atoms. The maximum absolute atomic E-state index is 5.93. The molecule has 2 aromatic rings. The minimum Gasteiger partial charge on any atom is -0.444 e. The van der Waals surface area contributed by atoms with Gasteiger partial charge in [-0.15, -0.1) is 5.10 Å². The van der Waals surface area contributed by atoms with Crippen molar-refractivity contribution in [2.24, 2.45) is 0 Å². The number of hydrogen-bond acceptors (Lipinski definition) is 6. The van der Waals surface area contributed by atoms with E-state index >= 15 is 0 Å². The largest absolute Gasteiger partial charge is 0.444 e. The van der Waals surface area contributed by atoms with Crippen molar-refractivity contribution in [3.8, 4) is 0 Å². The predicted octanol–water partition coefficient (Wildman–Crippen LogP) is 2.86. The first-order valence-corrected chi connectivity index (χ1v) is 8.61. The Morgan fingerprint density at radius 1 is 1.38 bits per heavy atom. The minimum atomic E-state index is -0.00254. The van der Waals surface area contributed by atoms with Gasteiger partial charge in [-0.1, -0.05) is 20.8 Å². The molecule has 0 aliphatic carbocycles. The van der Waals surface area contributed by atoms with E-state index in [1.54, 1.807) is 6.20 Å². The van der Waals surface area contributed by atoms with Crippen LogP contribution in [-0.4, -0.2) is 46.3 Å². The smallest absolute Gasteiger partial charge is 0.208 e. The summed E-state index contributed by atoms with van der Waals surface area (Å²) >= 11 is 0. The number of nitrogens with zero attached hydrogens (tertiary/aromatic N) is 5. The third-order valence-electron chi connectivity index (χ3n) is 4.58. The van der Waals surface area contributed by atoms with Gasteiger partial charge in [-0.2, -0.15) is 5.10 Å². The van der Waals surface area contributed by atoms with Crippen LogP contribution < -0.4 is 4.90 Å². The summed E-state index contributed by atoms with van der Waals surface area (Å²) in [6.07, 6.45) is 5.91. The van der Waals surface area contributed by atoms with Crippen LogP contribution in [0.4, 0.5) is 5.82 Å². The summed E-state index contributed by atoms with van der Waals surface area (Å²) < 4.78 is 5.93. The summed E-state index contributed by atoms with van der Waals surface area (Å²) in [7, 11) is 2.14. The average molecular weight is 329 g/mol. The highest BCUT2D eigenvalue weighted by Gasteiger charge is 2.26. The van der Waals surface area contributed by atoms with Crippen molar-refractivity contribution >= 4 is 5.82 Å².